The number of nitrogens with one attached hydrogen (secondary N) is 2. The summed E-state index contributed by atoms with van der Waals surface area (Å²) in [6, 6.07) is 2.85. The first-order chi connectivity index (χ1) is 16.5. The molecule has 0 amide bonds. The van der Waals surface area contributed by atoms with Crippen molar-refractivity contribution in [3.63, 3.8) is 0 Å². The highest BCUT2D eigenvalue weighted by Gasteiger charge is 2.31. The summed E-state index contributed by atoms with van der Waals surface area (Å²) in [5.41, 5.74) is 5.94. The molecule has 1 aromatic carbocycles. The van der Waals surface area contributed by atoms with E-state index in [1.54, 1.807) is 0 Å². The summed E-state index contributed by atoms with van der Waals surface area (Å²) in [4.78, 5) is 25.5. The molecule has 8 nitrogen and oxygen atoms in total. The van der Waals surface area contributed by atoms with Crippen molar-refractivity contribution in [2.45, 2.75) is 46.5 Å². The fourth-order valence-electron chi connectivity index (χ4n) is 3.18. The summed E-state index contributed by atoms with van der Waals surface area (Å²) in [6.45, 7) is 14.5. The molecule has 35 heavy (non-hydrogen) atoms. The summed E-state index contributed by atoms with van der Waals surface area (Å²) >= 11 is 12.7. The summed E-state index contributed by atoms with van der Waals surface area (Å²) < 4.78 is 6.71. The number of anilines is 1. The van der Waals surface area contributed by atoms with E-state index in [1.807, 2.05) is 13.1 Å². The van der Waals surface area contributed by atoms with Crippen molar-refractivity contribution >= 4 is 29.0 Å². The molecule has 3 rings (SSSR count). The Morgan fingerprint density at radius 1 is 1.29 bits per heavy atom. The minimum atomic E-state index is -0.781. The van der Waals surface area contributed by atoms with Crippen LogP contribution < -0.4 is 27.0 Å². The average Bonchev–Trinajstić information content (AvgIpc) is 3.67. The quantitative estimate of drug-likeness (QED) is 0.308. The third-order valence-corrected chi connectivity index (χ3v) is 6.16. The number of nitrogen functional groups attached to an aromatic ring is 1. The van der Waals surface area contributed by atoms with Gasteiger partial charge in [0.25, 0.3) is 5.56 Å². The van der Waals surface area contributed by atoms with E-state index in [9.17, 15) is 9.59 Å². The zero-order valence-corrected chi connectivity index (χ0v) is 22.1. The Bertz CT molecular complexity index is 1200. The van der Waals surface area contributed by atoms with Crippen molar-refractivity contribution < 1.29 is 4.74 Å². The highest BCUT2D eigenvalue weighted by molar-refractivity contribution is 6.37. The Kier molecular flexibility index (Phi) is 10.2. The number of aromatic amines is 1. The maximum atomic E-state index is 12.1. The van der Waals surface area contributed by atoms with Gasteiger partial charge in [-0.05, 0) is 48.5 Å². The van der Waals surface area contributed by atoms with Gasteiger partial charge >= 0.3 is 5.69 Å². The van der Waals surface area contributed by atoms with Crippen LogP contribution in [-0.4, -0.2) is 21.8 Å². The van der Waals surface area contributed by atoms with Gasteiger partial charge in [-0.25, -0.2) is 4.79 Å². The maximum absolute atomic E-state index is 12.1. The molecule has 0 radical (unpaired) electrons. The second kappa shape index (κ2) is 12.7. The molecule has 1 aliphatic rings. The van der Waals surface area contributed by atoms with Gasteiger partial charge in [-0.1, -0.05) is 70.0 Å². The fraction of sp³-hybridized carbons (Fsp3) is 0.400. The second-order valence-corrected chi connectivity index (χ2v) is 9.13. The first-order valence-electron chi connectivity index (χ1n) is 11.5. The number of nitrogens with two attached hydrogens (primary N) is 1. The topological polar surface area (TPSA) is 115 Å². The monoisotopic (exact) mass is 521 g/mol. The van der Waals surface area contributed by atoms with Crippen LogP contribution in [0.5, 0.6) is 5.75 Å². The lowest BCUT2D eigenvalue weighted by atomic mass is 9.93. The first kappa shape index (κ1) is 28.3. The van der Waals surface area contributed by atoms with E-state index in [0.717, 1.165) is 16.0 Å². The molecule has 1 aromatic heterocycles. The number of hydrogen-bond acceptors (Lipinski definition) is 6. The molecule has 1 saturated carbocycles. The highest BCUT2D eigenvalue weighted by atomic mass is 35.5. The molecule has 0 bridgehead atoms. The molecule has 2 aromatic rings. The Morgan fingerprint density at radius 3 is 2.34 bits per heavy atom. The summed E-state index contributed by atoms with van der Waals surface area (Å²) in [5, 5.41) is 7.08. The van der Waals surface area contributed by atoms with Gasteiger partial charge in [0, 0.05) is 12.7 Å². The van der Waals surface area contributed by atoms with Crippen LogP contribution in [0.4, 0.5) is 5.82 Å². The van der Waals surface area contributed by atoms with Crippen molar-refractivity contribution in [2.75, 3.05) is 12.8 Å². The number of rotatable bonds is 9. The van der Waals surface area contributed by atoms with Gasteiger partial charge in [0.1, 0.15) is 5.76 Å². The molecule has 4 N–H and O–H groups in total. The lowest BCUT2D eigenvalue weighted by Gasteiger charge is -2.19. The minimum absolute atomic E-state index is 0.125. The van der Waals surface area contributed by atoms with Gasteiger partial charge in [0.15, 0.2) is 5.75 Å². The molecule has 190 valence electrons. The van der Waals surface area contributed by atoms with Crippen LogP contribution in [0.25, 0.3) is 5.69 Å². The Morgan fingerprint density at radius 2 is 1.86 bits per heavy atom. The number of benzene rings is 1. The highest BCUT2D eigenvalue weighted by Crippen LogP contribution is 2.42. The third kappa shape index (κ3) is 7.50. The van der Waals surface area contributed by atoms with E-state index in [2.05, 4.69) is 49.3 Å². The number of unbranched alkanes of at least 4 members (excludes halogenated alkanes) is 1. The number of hydrogen-bond donors (Lipinski definition) is 3. The second-order valence-electron chi connectivity index (χ2n) is 8.32. The molecular weight excluding hydrogens is 489 g/mol. The molecule has 10 heteroatoms. The lowest BCUT2D eigenvalue weighted by Crippen LogP contribution is -2.33. The standard InChI is InChI=1S/C21H23Cl2N5O3.C4H10/c1-10(7-15(12(3)25-4)11(2)13-5-6-13)31-18-16(22)8-14(9-17(18)23)28-21(30)26-20(29)19(24)27-28;1-3-4-2/h7-9,11,13,25H,1,3,5-6H2,2,4H3,(H2,24,27)(H,26,29,30);3-4H2,1-2H3/b15-7-;. The Labute approximate surface area is 215 Å². The number of aromatic nitrogens is 3. The molecule has 0 spiro atoms. The van der Waals surface area contributed by atoms with E-state index in [1.165, 1.54) is 37.8 Å². The molecule has 0 aliphatic heterocycles. The number of likely N-dealkylation sites (N-methyl/N-ethyl adjacent to an activating group) is 1. The fourth-order valence-corrected chi connectivity index (χ4v) is 3.73. The Balaban J connectivity index is 0.00000100. The summed E-state index contributed by atoms with van der Waals surface area (Å²) in [6.07, 6.45) is 6.83. The molecular formula is C25H33Cl2N5O3. The predicted molar refractivity (Wildman–Crippen MR) is 143 cm³/mol. The zero-order valence-electron chi connectivity index (χ0n) is 20.6. The van der Waals surface area contributed by atoms with Gasteiger partial charge in [0.05, 0.1) is 15.7 Å². The van der Waals surface area contributed by atoms with Crippen LogP contribution in [-0.2, 0) is 0 Å². The van der Waals surface area contributed by atoms with E-state index < -0.39 is 11.2 Å². The maximum Gasteiger partial charge on any atom is 0.349 e. The predicted octanol–water partition coefficient (Wildman–Crippen LogP) is 5.21. The van der Waals surface area contributed by atoms with Gasteiger partial charge in [-0.3, -0.25) is 9.78 Å². The van der Waals surface area contributed by atoms with Gasteiger partial charge < -0.3 is 15.8 Å². The minimum Gasteiger partial charge on any atom is -0.455 e. The number of H-pyrrole nitrogens is 1. The van der Waals surface area contributed by atoms with E-state index in [-0.39, 0.29) is 27.3 Å². The van der Waals surface area contributed by atoms with Crippen LogP contribution in [0.15, 0.2) is 58.0 Å². The van der Waals surface area contributed by atoms with Crippen LogP contribution in [0.1, 0.15) is 46.5 Å². The van der Waals surface area contributed by atoms with Crippen LogP contribution >= 0.6 is 23.2 Å². The third-order valence-electron chi connectivity index (χ3n) is 5.60. The lowest BCUT2D eigenvalue weighted by molar-refractivity contribution is 0.444. The van der Waals surface area contributed by atoms with Crippen molar-refractivity contribution in [1.82, 2.24) is 20.1 Å². The van der Waals surface area contributed by atoms with Gasteiger partial charge in [-0.2, -0.15) is 4.68 Å². The van der Waals surface area contributed by atoms with Gasteiger partial charge in [0.2, 0.25) is 5.82 Å². The SMILES string of the molecule is C=C(/C=C(\C(=C)NC)C(C)C1CC1)Oc1c(Cl)cc(-n2nc(N)c(=O)[nH]c2=O)cc1Cl.CCCC. The molecule has 1 atom stereocenters. The van der Waals surface area contributed by atoms with Gasteiger partial charge in [-0.15, -0.1) is 5.10 Å². The molecule has 1 fully saturated rings. The zero-order chi connectivity index (χ0) is 26.3. The average molecular weight is 522 g/mol. The van der Waals surface area contributed by atoms with Crippen molar-refractivity contribution in [3.05, 3.63) is 79.3 Å². The van der Waals surface area contributed by atoms with Crippen molar-refractivity contribution in [2.24, 2.45) is 11.8 Å². The summed E-state index contributed by atoms with van der Waals surface area (Å²) in [7, 11) is 1.81. The van der Waals surface area contributed by atoms with Crippen LogP contribution in [0.3, 0.4) is 0 Å². The van der Waals surface area contributed by atoms with E-state index >= 15 is 0 Å². The van der Waals surface area contributed by atoms with E-state index in [0.29, 0.717) is 17.6 Å². The number of halogens is 2. The molecule has 0 saturated heterocycles. The molecule has 1 unspecified atom stereocenters. The first-order valence-corrected chi connectivity index (χ1v) is 12.2. The number of nitrogens with zero attached hydrogens (tertiary/aromatic N) is 2. The summed E-state index contributed by atoms with van der Waals surface area (Å²) in [5.74, 6) is 1.06. The Hall–Kier alpha value is -2.97. The van der Waals surface area contributed by atoms with Crippen molar-refractivity contribution in [1.29, 1.82) is 0 Å². The van der Waals surface area contributed by atoms with Crippen molar-refractivity contribution in [3.8, 4) is 11.4 Å². The molecule has 1 heterocycles. The largest absolute Gasteiger partial charge is 0.455 e. The van der Waals surface area contributed by atoms with E-state index in [4.69, 9.17) is 33.7 Å². The van der Waals surface area contributed by atoms with Crippen LogP contribution in [0, 0.1) is 11.8 Å². The molecule has 1 aliphatic carbocycles. The van der Waals surface area contributed by atoms with Crippen LogP contribution in [0.2, 0.25) is 10.0 Å². The number of ether oxygens (including phenoxy) is 1. The smallest absolute Gasteiger partial charge is 0.349 e. The number of allylic oxidation sites excluding steroid dienone is 2. The normalized spacial score (nSPS) is 13.9.